The second kappa shape index (κ2) is 8.29. The van der Waals surface area contributed by atoms with Gasteiger partial charge in [0.05, 0.1) is 39.3 Å². The van der Waals surface area contributed by atoms with Crippen LogP contribution >= 0.6 is 11.3 Å². The molecule has 5 aromatic rings. The van der Waals surface area contributed by atoms with Crippen molar-refractivity contribution >= 4 is 27.2 Å². The van der Waals surface area contributed by atoms with E-state index in [1.54, 1.807) is 28.3 Å². The number of benzene rings is 2. The molecule has 0 aliphatic carbocycles. The maximum absolute atomic E-state index is 12.7. The van der Waals surface area contributed by atoms with Crippen LogP contribution in [0, 0.1) is 0 Å². The van der Waals surface area contributed by atoms with E-state index in [4.69, 9.17) is 5.10 Å². The van der Waals surface area contributed by atoms with Crippen LogP contribution in [0.2, 0.25) is 0 Å². The topological polar surface area (TPSA) is 68.8 Å². The molecule has 3 aromatic heterocycles. The zero-order chi connectivity index (χ0) is 22.2. The van der Waals surface area contributed by atoms with Gasteiger partial charge in [0.15, 0.2) is 5.69 Å². The van der Waals surface area contributed by atoms with Gasteiger partial charge in [0.2, 0.25) is 5.43 Å². The van der Waals surface area contributed by atoms with E-state index >= 15 is 0 Å². The number of hydrogen-bond acceptors (Lipinski definition) is 6. The minimum atomic E-state index is -0.0991. The maximum atomic E-state index is 12.7. The number of nitrogens with zero attached hydrogens (tertiary/aromatic N) is 6. The van der Waals surface area contributed by atoms with Crippen molar-refractivity contribution in [3.05, 3.63) is 88.8 Å². The van der Waals surface area contributed by atoms with Crippen molar-refractivity contribution in [1.29, 1.82) is 0 Å². The molecule has 33 heavy (non-hydrogen) atoms. The lowest BCUT2D eigenvalue weighted by Gasteiger charge is -2.34. The Morgan fingerprint density at radius 2 is 1.79 bits per heavy atom. The number of para-hydroxylation sites is 1. The summed E-state index contributed by atoms with van der Waals surface area (Å²) >= 11 is 1.67. The molecule has 1 aliphatic heterocycles. The molecule has 0 bridgehead atoms. The summed E-state index contributed by atoms with van der Waals surface area (Å²) in [5, 5.41) is 9.20. The monoisotopic (exact) mass is 454 g/mol. The molecule has 0 spiro atoms. The standard InChI is InChI=1S/C25H22N6OS/c32-23-11-15-30(28-25(23)22-8-12-27-31(22)19-4-2-1-3-5-19)18-9-13-29(14-10-18)20-6-7-24-21(16-20)26-17-33-24/h1-8,11-12,15-18H,9-10,13-14H2. The average Bonchev–Trinajstić information content (AvgIpc) is 3.54. The molecule has 6 rings (SSSR count). The molecule has 0 N–H and O–H groups in total. The highest BCUT2D eigenvalue weighted by atomic mass is 32.1. The zero-order valence-electron chi connectivity index (χ0n) is 17.9. The van der Waals surface area contributed by atoms with Crippen LogP contribution in [0.25, 0.3) is 27.3 Å². The first-order valence-electron chi connectivity index (χ1n) is 11.0. The molecule has 8 heteroatoms. The molecule has 0 unspecified atom stereocenters. The van der Waals surface area contributed by atoms with Crippen LogP contribution in [-0.4, -0.2) is 37.6 Å². The SMILES string of the molecule is O=c1ccn(C2CCN(c3ccc4scnc4c3)CC2)nc1-c1ccnn1-c1ccccc1. The predicted molar refractivity (Wildman–Crippen MR) is 131 cm³/mol. The van der Waals surface area contributed by atoms with Gasteiger partial charge in [-0.05, 0) is 49.2 Å². The highest BCUT2D eigenvalue weighted by molar-refractivity contribution is 7.16. The van der Waals surface area contributed by atoms with Gasteiger partial charge >= 0.3 is 0 Å². The zero-order valence-corrected chi connectivity index (χ0v) is 18.7. The minimum absolute atomic E-state index is 0.0991. The van der Waals surface area contributed by atoms with Crippen LogP contribution in [0.3, 0.4) is 0 Å². The lowest BCUT2D eigenvalue weighted by molar-refractivity contribution is 0.362. The first kappa shape index (κ1) is 19.9. The van der Waals surface area contributed by atoms with Gasteiger partial charge < -0.3 is 4.90 Å². The van der Waals surface area contributed by atoms with Crippen molar-refractivity contribution in [2.75, 3.05) is 18.0 Å². The fourth-order valence-corrected chi connectivity index (χ4v) is 5.15. The van der Waals surface area contributed by atoms with E-state index in [-0.39, 0.29) is 11.5 Å². The van der Waals surface area contributed by atoms with Crippen molar-refractivity contribution < 1.29 is 0 Å². The summed E-state index contributed by atoms with van der Waals surface area (Å²) in [6.45, 7) is 1.87. The smallest absolute Gasteiger partial charge is 0.209 e. The fourth-order valence-electron chi connectivity index (χ4n) is 4.49. The summed E-state index contributed by atoms with van der Waals surface area (Å²) < 4.78 is 4.94. The predicted octanol–water partition coefficient (Wildman–Crippen LogP) is 4.55. The van der Waals surface area contributed by atoms with Crippen molar-refractivity contribution in [2.24, 2.45) is 0 Å². The molecule has 7 nitrogen and oxygen atoms in total. The highest BCUT2D eigenvalue weighted by Gasteiger charge is 2.23. The molecule has 0 atom stereocenters. The second-order valence-corrected chi connectivity index (χ2v) is 9.08. The molecule has 0 radical (unpaired) electrons. The molecule has 1 saturated heterocycles. The Hall–Kier alpha value is -3.78. The lowest BCUT2D eigenvalue weighted by atomic mass is 10.0. The van der Waals surface area contributed by atoms with Crippen LogP contribution in [0.1, 0.15) is 18.9 Å². The Morgan fingerprint density at radius 3 is 2.64 bits per heavy atom. The van der Waals surface area contributed by atoms with Gasteiger partial charge in [-0.3, -0.25) is 9.48 Å². The molecule has 0 amide bonds. The van der Waals surface area contributed by atoms with Crippen molar-refractivity contribution in [1.82, 2.24) is 24.5 Å². The van der Waals surface area contributed by atoms with E-state index in [1.165, 1.54) is 10.4 Å². The summed E-state index contributed by atoms with van der Waals surface area (Å²) in [5.41, 5.74) is 6.10. The third kappa shape index (κ3) is 3.72. The van der Waals surface area contributed by atoms with Gasteiger partial charge in [-0.2, -0.15) is 10.2 Å². The first-order chi connectivity index (χ1) is 16.3. The van der Waals surface area contributed by atoms with E-state index in [2.05, 4.69) is 33.2 Å². The summed E-state index contributed by atoms with van der Waals surface area (Å²) in [6, 6.07) is 20.0. The van der Waals surface area contributed by atoms with E-state index in [0.29, 0.717) is 11.4 Å². The van der Waals surface area contributed by atoms with Crippen molar-refractivity contribution in [2.45, 2.75) is 18.9 Å². The van der Waals surface area contributed by atoms with Crippen LogP contribution in [0.15, 0.2) is 83.4 Å². The summed E-state index contributed by atoms with van der Waals surface area (Å²) in [6.07, 6.45) is 5.44. The lowest BCUT2D eigenvalue weighted by Crippen LogP contribution is -2.35. The molecular formula is C25H22N6OS. The summed E-state index contributed by atoms with van der Waals surface area (Å²) in [5.74, 6) is 0. The second-order valence-electron chi connectivity index (χ2n) is 8.20. The van der Waals surface area contributed by atoms with E-state index in [1.807, 2.05) is 52.8 Å². The third-order valence-electron chi connectivity index (χ3n) is 6.23. The van der Waals surface area contributed by atoms with Gasteiger partial charge in [-0.25, -0.2) is 9.67 Å². The number of fused-ring (bicyclic) bond motifs is 1. The van der Waals surface area contributed by atoms with Gasteiger partial charge in [0.1, 0.15) is 0 Å². The maximum Gasteiger partial charge on any atom is 0.209 e. The third-order valence-corrected chi connectivity index (χ3v) is 7.04. The summed E-state index contributed by atoms with van der Waals surface area (Å²) in [4.78, 5) is 19.6. The molecule has 2 aromatic carbocycles. The van der Waals surface area contributed by atoms with E-state index in [9.17, 15) is 4.79 Å². The van der Waals surface area contributed by atoms with Crippen LogP contribution < -0.4 is 10.3 Å². The van der Waals surface area contributed by atoms with Crippen LogP contribution in [0.5, 0.6) is 0 Å². The minimum Gasteiger partial charge on any atom is -0.371 e. The number of rotatable bonds is 4. The average molecular weight is 455 g/mol. The van der Waals surface area contributed by atoms with Crippen LogP contribution in [-0.2, 0) is 0 Å². The molecular weight excluding hydrogens is 432 g/mol. The first-order valence-corrected chi connectivity index (χ1v) is 11.9. The molecule has 0 saturated carbocycles. The fraction of sp³-hybridized carbons (Fsp3) is 0.200. The summed E-state index contributed by atoms with van der Waals surface area (Å²) in [7, 11) is 0. The van der Waals surface area contributed by atoms with Crippen molar-refractivity contribution in [3.8, 4) is 17.1 Å². The number of thiazole rings is 1. The van der Waals surface area contributed by atoms with Gasteiger partial charge in [-0.1, -0.05) is 18.2 Å². The van der Waals surface area contributed by atoms with E-state index < -0.39 is 0 Å². The number of hydrogen-bond donors (Lipinski definition) is 0. The Balaban J connectivity index is 1.24. The largest absolute Gasteiger partial charge is 0.371 e. The Labute approximate surface area is 194 Å². The van der Waals surface area contributed by atoms with Crippen LogP contribution in [0.4, 0.5) is 5.69 Å². The number of aromatic nitrogens is 5. The van der Waals surface area contributed by atoms with Gasteiger partial charge in [-0.15, -0.1) is 11.3 Å². The Morgan fingerprint density at radius 1 is 0.939 bits per heavy atom. The number of anilines is 1. The van der Waals surface area contributed by atoms with Gasteiger partial charge in [0.25, 0.3) is 0 Å². The van der Waals surface area contributed by atoms with Gasteiger partial charge in [0, 0.05) is 31.0 Å². The van der Waals surface area contributed by atoms with Crippen molar-refractivity contribution in [3.63, 3.8) is 0 Å². The van der Waals surface area contributed by atoms with E-state index in [0.717, 1.165) is 37.1 Å². The quantitative estimate of drug-likeness (QED) is 0.399. The molecule has 1 fully saturated rings. The Bertz CT molecular complexity index is 1460. The molecule has 1 aliphatic rings. The molecule has 164 valence electrons. The Kier molecular flexibility index (Phi) is 4.99. The number of piperidine rings is 1. The molecule has 4 heterocycles. The highest BCUT2D eigenvalue weighted by Crippen LogP contribution is 2.29. The normalized spacial score (nSPS) is 14.7.